The summed E-state index contributed by atoms with van der Waals surface area (Å²) in [6, 6.07) is 11.2. The number of aromatic carboxylic acids is 1. The highest BCUT2D eigenvalue weighted by Crippen LogP contribution is 2.30. The van der Waals surface area contributed by atoms with Crippen LogP contribution in [0.5, 0.6) is 11.5 Å². The van der Waals surface area contributed by atoms with E-state index in [1.165, 1.54) is 19.2 Å². The molecule has 0 heterocycles. The molecule has 0 fully saturated rings. The maximum Gasteiger partial charge on any atom is 0.172 e. The first-order chi connectivity index (χ1) is 10.2. The molecule has 0 bridgehead atoms. The molecular formula is C16H13O5-. The Kier molecular flexibility index (Phi) is 4.56. The molecule has 0 saturated carbocycles. The van der Waals surface area contributed by atoms with Crippen molar-refractivity contribution >= 4 is 12.3 Å². The summed E-state index contributed by atoms with van der Waals surface area (Å²) in [5.41, 5.74) is 1.26. The maximum atomic E-state index is 11.0. The predicted octanol–water partition coefficient (Wildman–Crippen LogP) is 1.45. The number of benzene rings is 2. The summed E-state index contributed by atoms with van der Waals surface area (Å²) < 4.78 is 10.8. The van der Waals surface area contributed by atoms with Crippen LogP contribution in [-0.2, 0) is 6.61 Å². The third kappa shape index (κ3) is 3.39. The second kappa shape index (κ2) is 6.56. The van der Waals surface area contributed by atoms with Crippen LogP contribution in [-0.4, -0.2) is 19.4 Å². The zero-order chi connectivity index (χ0) is 15.2. The number of carbonyl (C=O) groups excluding carboxylic acids is 2. The van der Waals surface area contributed by atoms with Crippen molar-refractivity contribution in [2.75, 3.05) is 7.11 Å². The van der Waals surface area contributed by atoms with Gasteiger partial charge in [0.05, 0.1) is 18.6 Å². The van der Waals surface area contributed by atoms with Gasteiger partial charge in [-0.1, -0.05) is 30.3 Å². The van der Waals surface area contributed by atoms with Gasteiger partial charge in [-0.25, -0.2) is 0 Å². The molecule has 0 amide bonds. The Hall–Kier alpha value is -2.82. The first kappa shape index (κ1) is 14.6. The number of carboxylic acids is 1. The van der Waals surface area contributed by atoms with Gasteiger partial charge in [-0.05, 0) is 23.3 Å². The molecule has 0 radical (unpaired) electrons. The fraction of sp³-hybridized carbons (Fsp3) is 0.125. The number of hydrogen-bond acceptors (Lipinski definition) is 5. The van der Waals surface area contributed by atoms with E-state index in [9.17, 15) is 14.7 Å². The molecule has 0 N–H and O–H groups in total. The number of carbonyl (C=O) groups is 2. The van der Waals surface area contributed by atoms with E-state index < -0.39 is 5.97 Å². The van der Waals surface area contributed by atoms with E-state index in [2.05, 4.69) is 0 Å². The summed E-state index contributed by atoms with van der Waals surface area (Å²) in [4.78, 5) is 21.7. The predicted molar refractivity (Wildman–Crippen MR) is 73.5 cm³/mol. The lowest BCUT2D eigenvalue weighted by molar-refractivity contribution is -0.255. The monoisotopic (exact) mass is 285 g/mol. The molecule has 5 heteroatoms. The van der Waals surface area contributed by atoms with Crippen LogP contribution < -0.4 is 14.6 Å². The fourth-order valence-electron chi connectivity index (χ4n) is 1.83. The van der Waals surface area contributed by atoms with E-state index in [4.69, 9.17) is 9.47 Å². The van der Waals surface area contributed by atoms with E-state index in [1.807, 2.05) is 0 Å². The minimum atomic E-state index is -1.23. The zero-order valence-electron chi connectivity index (χ0n) is 11.4. The summed E-state index contributed by atoms with van der Waals surface area (Å²) >= 11 is 0. The van der Waals surface area contributed by atoms with Crippen molar-refractivity contribution in [3.8, 4) is 11.5 Å². The number of methoxy groups -OCH3 is 1. The molecule has 108 valence electrons. The summed E-state index contributed by atoms with van der Waals surface area (Å²) in [6.45, 7) is 0.189. The molecule has 0 aliphatic rings. The van der Waals surface area contributed by atoms with Crippen molar-refractivity contribution in [3.63, 3.8) is 0 Å². The van der Waals surface area contributed by atoms with Crippen molar-refractivity contribution < 1.29 is 24.2 Å². The van der Waals surface area contributed by atoms with Crippen LogP contribution in [0.4, 0.5) is 0 Å². The lowest BCUT2D eigenvalue weighted by atomic mass is 10.1. The molecule has 0 atom stereocenters. The second-order valence-corrected chi connectivity index (χ2v) is 4.27. The molecule has 0 aromatic heterocycles. The lowest BCUT2D eigenvalue weighted by Gasteiger charge is -2.12. The highest BCUT2D eigenvalue weighted by molar-refractivity contribution is 5.85. The van der Waals surface area contributed by atoms with Gasteiger partial charge in [0.25, 0.3) is 0 Å². The first-order valence-electron chi connectivity index (χ1n) is 6.21. The van der Waals surface area contributed by atoms with Crippen molar-refractivity contribution in [1.29, 1.82) is 0 Å². The van der Waals surface area contributed by atoms with Crippen molar-refractivity contribution in [3.05, 3.63) is 59.2 Å². The van der Waals surface area contributed by atoms with E-state index in [1.54, 1.807) is 30.3 Å². The smallest absolute Gasteiger partial charge is 0.172 e. The highest BCUT2D eigenvalue weighted by atomic mass is 16.5. The number of para-hydroxylation sites is 1. The van der Waals surface area contributed by atoms with Gasteiger partial charge in [-0.3, -0.25) is 4.79 Å². The summed E-state index contributed by atoms with van der Waals surface area (Å²) in [5.74, 6) is -0.402. The summed E-state index contributed by atoms with van der Waals surface area (Å²) in [5, 5.41) is 10.7. The molecule has 21 heavy (non-hydrogen) atoms. The van der Waals surface area contributed by atoms with E-state index in [-0.39, 0.29) is 12.2 Å². The third-order valence-electron chi connectivity index (χ3n) is 2.93. The van der Waals surface area contributed by atoms with Crippen LogP contribution in [0, 0.1) is 0 Å². The Bertz CT molecular complexity index is 646. The fourth-order valence-corrected chi connectivity index (χ4v) is 1.83. The molecule has 0 aliphatic carbocycles. The van der Waals surface area contributed by atoms with Crippen molar-refractivity contribution in [2.24, 2.45) is 0 Å². The standard InChI is InChI=1S/C16H14O5/c1-20-14-4-2-3-13(9-17)15(14)21-10-11-5-7-12(8-6-11)16(18)19/h2-9H,10H2,1H3,(H,18,19)/p-1. The number of rotatable bonds is 6. The van der Waals surface area contributed by atoms with Crippen LogP contribution in [0.15, 0.2) is 42.5 Å². The summed E-state index contributed by atoms with van der Waals surface area (Å²) in [6.07, 6.45) is 0.692. The van der Waals surface area contributed by atoms with Crippen LogP contribution in [0.3, 0.4) is 0 Å². The summed E-state index contributed by atoms with van der Waals surface area (Å²) in [7, 11) is 1.49. The van der Waals surface area contributed by atoms with Gasteiger partial charge in [0.15, 0.2) is 17.8 Å². The maximum absolute atomic E-state index is 11.0. The number of hydrogen-bond donors (Lipinski definition) is 0. The minimum Gasteiger partial charge on any atom is -0.545 e. The molecule has 0 unspecified atom stereocenters. The number of aldehydes is 1. The Labute approximate surface area is 121 Å². The normalized spacial score (nSPS) is 9.95. The van der Waals surface area contributed by atoms with Gasteiger partial charge in [0.2, 0.25) is 0 Å². The van der Waals surface area contributed by atoms with Gasteiger partial charge in [0.1, 0.15) is 6.61 Å². The molecule has 2 aromatic carbocycles. The molecule has 5 nitrogen and oxygen atoms in total. The van der Waals surface area contributed by atoms with Crippen LogP contribution in [0.2, 0.25) is 0 Å². The molecule has 0 spiro atoms. The van der Waals surface area contributed by atoms with Gasteiger partial charge in [-0.15, -0.1) is 0 Å². The molecule has 2 rings (SSSR count). The Balaban J connectivity index is 2.16. The van der Waals surface area contributed by atoms with Crippen LogP contribution >= 0.6 is 0 Å². The first-order valence-corrected chi connectivity index (χ1v) is 6.21. The van der Waals surface area contributed by atoms with Gasteiger partial charge < -0.3 is 19.4 Å². The zero-order valence-corrected chi connectivity index (χ0v) is 11.4. The minimum absolute atomic E-state index is 0.102. The SMILES string of the molecule is COc1cccc(C=O)c1OCc1ccc(C(=O)[O-])cc1. The van der Waals surface area contributed by atoms with E-state index in [0.29, 0.717) is 23.3 Å². The quantitative estimate of drug-likeness (QED) is 0.751. The van der Waals surface area contributed by atoms with Crippen molar-refractivity contribution in [2.45, 2.75) is 6.61 Å². The van der Waals surface area contributed by atoms with Crippen molar-refractivity contribution in [1.82, 2.24) is 0 Å². The van der Waals surface area contributed by atoms with Gasteiger partial charge >= 0.3 is 0 Å². The van der Waals surface area contributed by atoms with E-state index in [0.717, 1.165) is 5.56 Å². The molecule has 0 aliphatic heterocycles. The average Bonchev–Trinajstić information content (AvgIpc) is 2.52. The number of ether oxygens (including phenoxy) is 2. The lowest BCUT2D eigenvalue weighted by Crippen LogP contribution is -2.22. The van der Waals surface area contributed by atoms with Gasteiger partial charge in [-0.2, -0.15) is 0 Å². The van der Waals surface area contributed by atoms with E-state index >= 15 is 0 Å². The van der Waals surface area contributed by atoms with Crippen LogP contribution in [0.1, 0.15) is 26.3 Å². The second-order valence-electron chi connectivity index (χ2n) is 4.27. The topological polar surface area (TPSA) is 75.7 Å². The molecular weight excluding hydrogens is 272 g/mol. The average molecular weight is 285 g/mol. The Morgan fingerprint density at radius 3 is 2.48 bits per heavy atom. The Morgan fingerprint density at radius 2 is 1.90 bits per heavy atom. The van der Waals surface area contributed by atoms with Crippen LogP contribution in [0.25, 0.3) is 0 Å². The number of carboxylic acid groups (broad SMARTS) is 1. The Morgan fingerprint density at radius 1 is 1.19 bits per heavy atom. The van der Waals surface area contributed by atoms with Gasteiger partial charge in [0, 0.05) is 0 Å². The largest absolute Gasteiger partial charge is 0.545 e. The highest BCUT2D eigenvalue weighted by Gasteiger charge is 2.10. The molecule has 0 saturated heterocycles. The molecule has 2 aromatic rings. The third-order valence-corrected chi connectivity index (χ3v) is 2.93.